The molecule has 38 heavy (non-hydrogen) atoms. The van der Waals surface area contributed by atoms with E-state index in [-0.39, 0.29) is 10.9 Å². The van der Waals surface area contributed by atoms with Crippen LogP contribution in [0.5, 0.6) is 0 Å². The molecule has 1 heterocycles. The van der Waals surface area contributed by atoms with Gasteiger partial charge in [0.1, 0.15) is 5.82 Å². The number of aromatic nitrogens is 2. The molecule has 0 aliphatic heterocycles. The van der Waals surface area contributed by atoms with Crippen LogP contribution in [0, 0.1) is 0 Å². The van der Waals surface area contributed by atoms with E-state index in [4.69, 9.17) is 10.1 Å². The summed E-state index contributed by atoms with van der Waals surface area (Å²) in [5, 5.41) is 9.08. The highest BCUT2D eigenvalue weighted by Gasteiger charge is 2.25. The normalized spacial score (nSPS) is 12.5. The van der Waals surface area contributed by atoms with Gasteiger partial charge in [-0.3, -0.25) is 0 Å². The zero-order chi connectivity index (χ0) is 27.0. The molecule has 200 valence electrons. The predicted molar refractivity (Wildman–Crippen MR) is 155 cm³/mol. The fourth-order valence-electron chi connectivity index (χ4n) is 4.76. The number of nitrogens with one attached hydrogen (secondary N) is 1. The molecule has 0 aliphatic carbocycles. The van der Waals surface area contributed by atoms with Gasteiger partial charge in [-0.1, -0.05) is 106 Å². The zero-order valence-corrected chi connectivity index (χ0v) is 23.1. The van der Waals surface area contributed by atoms with Crippen molar-refractivity contribution in [2.45, 2.75) is 70.0 Å². The van der Waals surface area contributed by atoms with E-state index in [0.717, 1.165) is 66.9 Å². The molecule has 0 amide bonds. The van der Waals surface area contributed by atoms with Gasteiger partial charge >= 0.3 is 0 Å². The van der Waals surface area contributed by atoms with Crippen molar-refractivity contribution < 1.29 is 8.42 Å². The van der Waals surface area contributed by atoms with E-state index in [1.807, 2.05) is 24.3 Å². The summed E-state index contributed by atoms with van der Waals surface area (Å²) in [6, 6.07) is 27.7. The fraction of sp³-hybridized carbons (Fsp3) is 0.323. The van der Waals surface area contributed by atoms with Crippen LogP contribution in [0.2, 0.25) is 0 Å². The molecule has 0 spiro atoms. The Kier molecular flexibility index (Phi) is 9.50. The summed E-state index contributed by atoms with van der Waals surface area (Å²) in [7, 11) is -3.71. The van der Waals surface area contributed by atoms with Crippen molar-refractivity contribution in [2.75, 3.05) is 0 Å². The van der Waals surface area contributed by atoms with E-state index in [1.165, 1.54) is 5.69 Å². The maximum Gasteiger partial charge on any atom is 0.238 e. The lowest BCUT2D eigenvalue weighted by molar-refractivity contribution is 0.449. The second-order valence-electron chi connectivity index (χ2n) is 9.67. The number of sulfonamides is 1. The van der Waals surface area contributed by atoms with Gasteiger partial charge < -0.3 is 9.88 Å². The molecule has 3 aromatic carbocycles. The second kappa shape index (κ2) is 13.0. The topological polar surface area (TPSA) is 90.0 Å². The van der Waals surface area contributed by atoms with Gasteiger partial charge in [-0.2, -0.15) is 0 Å². The third-order valence-corrected chi connectivity index (χ3v) is 7.73. The SMILES string of the molecule is CCCCC(NCc1ccc(S(N)(=O)=O)cc1)c1c(-c2ccccc2)nc(-c2ccccc2)n1CCCC. The fourth-order valence-corrected chi connectivity index (χ4v) is 5.27. The van der Waals surface area contributed by atoms with E-state index in [2.05, 4.69) is 72.3 Å². The highest BCUT2D eigenvalue weighted by molar-refractivity contribution is 7.89. The highest BCUT2D eigenvalue weighted by Crippen LogP contribution is 2.35. The van der Waals surface area contributed by atoms with E-state index in [9.17, 15) is 8.42 Å². The van der Waals surface area contributed by atoms with E-state index in [1.54, 1.807) is 12.1 Å². The first kappa shape index (κ1) is 27.8. The van der Waals surface area contributed by atoms with E-state index < -0.39 is 10.0 Å². The molecular weight excluding hydrogens is 492 g/mol. The number of hydrogen-bond donors (Lipinski definition) is 2. The molecule has 0 saturated heterocycles. The first-order chi connectivity index (χ1) is 18.4. The lowest BCUT2D eigenvalue weighted by atomic mass is 10.0. The Morgan fingerprint density at radius 1 is 0.842 bits per heavy atom. The average Bonchev–Trinajstić information content (AvgIpc) is 3.32. The maximum absolute atomic E-state index is 11.7. The van der Waals surface area contributed by atoms with E-state index >= 15 is 0 Å². The van der Waals surface area contributed by atoms with Gasteiger partial charge in [0, 0.05) is 30.3 Å². The Hall–Kier alpha value is -3.26. The van der Waals surface area contributed by atoms with E-state index in [0.29, 0.717) is 6.54 Å². The van der Waals surface area contributed by atoms with Crippen molar-refractivity contribution in [3.05, 3.63) is 96.2 Å². The summed E-state index contributed by atoms with van der Waals surface area (Å²) in [5.41, 5.74) is 5.44. The van der Waals surface area contributed by atoms with Crippen LogP contribution in [0.15, 0.2) is 89.8 Å². The Bertz CT molecular complexity index is 1400. The second-order valence-corrected chi connectivity index (χ2v) is 11.2. The molecule has 4 rings (SSSR count). The molecule has 3 N–H and O–H groups in total. The number of benzene rings is 3. The Labute approximate surface area is 227 Å². The molecule has 0 bridgehead atoms. The lowest BCUT2D eigenvalue weighted by Gasteiger charge is -2.23. The van der Waals surface area contributed by atoms with Crippen LogP contribution in [0.3, 0.4) is 0 Å². The van der Waals surface area contributed by atoms with Crippen LogP contribution in [-0.2, 0) is 23.1 Å². The Balaban J connectivity index is 1.78. The third kappa shape index (κ3) is 6.78. The number of unbranched alkanes of at least 4 members (excludes halogenated alkanes) is 2. The van der Waals surface area contributed by atoms with Crippen LogP contribution in [0.4, 0.5) is 0 Å². The van der Waals surface area contributed by atoms with Crippen molar-refractivity contribution >= 4 is 10.0 Å². The minimum atomic E-state index is -3.71. The number of rotatable bonds is 13. The molecule has 6 nitrogen and oxygen atoms in total. The van der Waals surface area contributed by atoms with Gasteiger partial charge in [0.05, 0.1) is 16.3 Å². The zero-order valence-electron chi connectivity index (χ0n) is 22.3. The molecule has 0 aliphatic rings. The minimum absolute atomic E-state index is 0.0740. The molecule has 0 saturated carbocycles. The van der Waals surface area contributed by atoms with Gasteiger partial charge in [-0.05, 0) is 30.5 Å². The molecule has 1 atom stereocenters. The molecular formula is C31H38N4O2S. The lowest BCUT2D eigenvalue weighted by Crippen LogP contribution is -2.24. The Morgan fingerprint density at radius 3 is 2.03 bits per heavy atom. The number of imidazole rings is 1. The average molecular weight is 531 g/mol. The number of nitrogens with zero attached hydrogens (tertiary/aromatic N) is 2. The maximum atomic E-state index is 11.7. The van der Waals surface area contributed by atoms with Crippen LogP contribution in [-0.4, -0.2) is 18.0 Å². The number of nitrogens with two attached hydrogens (primary N) is 1. The standard InChI is InChI=1S/C31H38N4O2S/c1-3-5-17-28(33-23-24-18-20-27(21-19-24)38(32,36)37)30-29(25-13-9-7-10-14-25)34-31(35(30)22-6-4-2)26-15-11-8-12-16-26/h7-16,18-21,28,33H,3-6,17,22-23H2,1-2H3,(H2,32,36,37). The molecule has 0 fully saturated rings. The summed E-state index contributed by atoms with van der Waals surface area (Å²) in [6.07, 6.45) is 5.30. The van der Waals surface area contributed by atoms with Crippen LogP contribution < -0.4 is 10.5 Å². The van der Waals surface area contributed by atoms with Crippen LogP contribution in [0.1, 0.15) is 63.3 Å². The molecule has 4 aromatic rings. The molecule has 1 unspecified atom stereocenters. The van der Waals surface area contributed by atoms with Gasteiger partial charge in [-0.25, -0.2) is 18.5 Å². The van der Waals surface area contributed by atoms with Crippen molar-refractivity contribution in [3.63, 3.8) is 0 Å². The summed E-state index contributed by atoms with van der Waals surface area (Å²) in [4.78, 5) is 5.39. The molecule has 0 radical (unpaired) electrons. The molecule has 7 heteroatoms. The van der Waals surface area contributed by atoms with Crippen LogP contribution >= 0.6 is 0 Å². The van der Waals surface area contributed by atoms with Gasteiger partial charge in [0.15, 0.2) is 0 Å². The number of hydrogen-bond acceptors (Lipinski definition) is 4. The van der Waals surface area contributed by atoms with Gasteiger partial charge in [-0.15, -0.1) is 0 Å². The van der Waals surface area contributed by atoms with Crippen molar-refractivity contribution in [3.8, 4) is 22.6 Å². The predicted octanol–water partition coefficient (Wildman–Crippen LogP) is 6.69. The summed E-state index contributed by atoms with van der Waals surface area (Å²) < 4.78 is 25.8. The van der Waals surface area contributed by atoms with Crippen molar-refractivity contribution in [2.24, 2.45) is 5.14 Å². The minimum Gasteiger partial charge on any atom is -0.326 e. The van der Waals surface area contributed by atoms with Crippen molar-refractivity contribution in [1.29, 1.82) is 0 Å². The van der Waals surface area contributed by atoms with Gasteiger partial charge in [0.2, 0.25) is 10.0 Å². The van der Waals surface area contributed by atoms with Crippen LogP contribution in [0.25, 0.3) is 22.6 Å². The first-order valence-corrected chi connectivity index (χ1v) is 15.0. The van der Waals surface area contributed by atoms with Crippen molar-refractivity contribution in [1.82, 2.24) is 14.9 Å². The highest BCUT2D eigenvalue weighted by atomic mass is 32.2. The first-order valence-electron chi connectivity index (χ1n) is 13.5. The number of primary sulfonamides is 1. The van der Waals surface area contributed by atoms with Gasteiger partial charge in [0.25, 0.3) is 0 Å². The quantitative estimate of drug-likeness (QED) is 0.202. The largest absolute Gasteiger partial charge is 0.326 e. The summed E-state index contributed by atoms with van der Waals surface area (Å²) in [6.45, 7) is 5.93. The Morgan fingerprint density at radius 2 is 1.45 bits per heavy atom. The summed E-state index contributed by atoms with van der Waals surface area (Å²) in [5.74, 6) is 0.994. The third-order valence-electron chi connectivity index (χ3n) is 6.80. The smallest absolute Gasteiger partial charge is 0.238 e. The monoisotopic (exact) mass is 530 g/mol. The molecule has 1 aromatic heterocycles. The summed E-state index contributed by atoms with van der Waals surface area (Å²) >= 11 is 0.